The minimum atomic E-state index is -0.223. The number of hydrogen-bond donors (Lipinski definition) is 3. The number of carbonyl (C=O) groups excluding carboxylic acids is 1. The second-order valence-electron chi connectivity index (χ2n) is 8.77. The number of rotatable bonds is 10. The SMILES string of the molecule is CNc1cc(Sc2ccccc2C(=O)NNc2ccccn2)ccc1C(/C=C/c1ccccn1)C(C)C. The van der Waals surface area contributed by atoms with E-state index in [1.165, 1.54) is 5.56 Å². The lowest BCUT2D eigenvalue weighted by Crippen LogP contribution is -2.30. The highest BCUT2D eigenvalue weighted by atomic mass is 32.2. The van der Waals surface area contributed by atoms with Gasteiger partial charge in [-0.3, -0.25) is 20.6 Å². The van der Waals surface area contributed by atoms with E-state index in [1.807, 2.05) is 67.8 Å². The summed E-state index contributed by atoms with van der Waals surface area (Å²) in [6.07, 6.45) is 7.78. The average Bonchev–Trinajstić information content (AvgIpc) is 2.93. The van der Waals surface area contributed by atoms with Crippen LogP contribution in [-0.2, 0) is 0 Å². The minimum Gasteiger partial charge on any atom is -0.388 e. The molecular weight excluding hydrogens is 478 g/mol. The Hall–Kier alpha value is -4.10. The van der Waals surface area contributed by atoms with Gasteiger partial charge in [0.2, 0.25) is 0 Å². The van der Waals surface area contributed by atoms with Crippen molar-refractivity contribution in [3.05, 3.63) is 114 Å². The lowest BCUT2D eigenvalue weighted by atomic mass is 9.87. The Morgan fingerprint density at radius 2 is 1.68 bits per heavy atom. The molecular formula is C30H31N5OS. The molecule has 7 heteroatoms. The second kappa shape index (κ2) is 12.7. The van der Waals surface area contributed by atoms with Crippen molar-refractivity contribution < 1.29 is 4.79 Å². The highest BCUT2D eigenvalue weighted by molar-refractivity contribution is 7.99. The Balaban J connectivity index is 1.53. The Labute approximate surface area is 222 Å². The molecule has 4 aromatic rings. The number of hydrazine groups is 1. The maximum absolute atomic E-state index is 12.9. The molecule has 0 saturated carbocycles. The number of hydrogen-bond acceptors (Lipinski definition) is 6. The van der Waals surface area contributed by atoms with Crippen LogP contribution < -0.4 is 16.2 Å². The number of pyridine rings is 2. The van der Waals surface area contributed by atoms with Crippen molar-refractivity contribution in [3.63, 3.8) is 0 Å². The van der Waals surface area contributed by atoms with E-state index in [9.17, 15) is 4.79 Å². The lowest BCUT2D eigenvalue weighted by molar-refractivity contribution is 0.0959. The number of anilines is 2. The summed E-state index contributed by atoms with van der Waals surface area (Å²) in [5, 5.41) is 3.37. The Kier molecular flexibility index (Phi) is 8.94. The number of nitrogens with zero attached hydrogens (tertiary/aromatic N) is 2. The van der Waals surface area contributed by atoms with Crippen LogP contribution in [0.15, 0.2) is 107 Å². The number of allylic oxidation sites excluding steroid dienone is 1. The third-order valence-corrected chi connectivity index (χ3v) is 6.93. The van der Waals surface area contributed by atoms with Gasteiger partial charge in [-0.15, -0.1) is 0 Å². The summed E-state index contributed by atoms with van der Waals surface area (Å²) in [5.41, 5.74) is 9.42. The van der Waals surface area contributed by atoms with Gasteiger partial charge in [0.25, 0.3) is 5.91 Å². The van der Waals surface area contributed by atoms with Crippen molar-refractivity contribution >= 4 is 35.3 Å². The van der Waals surface area contributed by atoms with E-state index in [0.717, 1.165) is 21.2 Å². The van der Waals surface area contributed by atoms with Crippen molar-refractivity contribution in [1.82, 2.24) is 15.4 Å². The monoisotopic (exact) mass is 509 g/mol. The molecule has 0 aliphatic heterocycles. The van der Waals surface area contributed by atoms with E-state index in [2.05, 4.69) is 70.3 Å². The molecule has 1 unspecified atom stereocenters. The van der Waals surface area contributed by atoms with Crippen molar-refractivity contribution in [2.24, 2.45) is 5.92 Å². The third kappa shape index (κ3) is 6.98. The van der Waals surface area contributed by atoms with Crippen LogP contribution >= 0.6 is 11.8 Å². The number of amides is 1. The molecule has 0 aliphatic carbocycles. The van der Waals surface area contributed by atoms with Gasteiger partial charge in [-0.05, 0) is 66.1 Å². The first-order valence-corrected chi connectivity index (χ1v) is 13.0. The van der Waals surface area contributed by atoms with Crippen LogP contribution in [0.4, 0.5) is 11.5 Å². The zero-order valence-corrected chi connectivity index (χ0v) is 22.0. The Morgan fingerprint density at radius 1 is 0.919 bits per heavy atom. The molecule has 2 heterocycles. The highest BCUT2D eigenvalue weighted by Crippen LogP contribution is 2.37. The smallest absolute Gasteiger partial charge is 0.270 e. The van der Waals surface area contributed by atoms with Crippen LogP contribution in [0, 0.1) is 5.92 Å². The fraction of sp³-hybridized carbons (Fsp3) is 0.167. The van der Waals surface area contributed by atoms with Crippen molar-refractivity contribution in [1.29, 1.82) is 0 Å². The molecule has 0 saturated heterocycles. The largest absolute Gasteiger partial charge is 0.388 e. The quantitative estimate of drug-likeness (QED) is 0.202. The van der Waals surface area contributed by atoms with E-state index in [0.29, 0.717) is 17.3 Å². The molecule has 4 rings (SSSR count). The zero-order chi connectivity index (χ0) is 26.0. The van der Waals surface area contributed by atoms with E-state index in [4.69, 9.17) is 0 Å². The maximum Gasteiger partial charge on any atom is 0.270 e. The van der Waals surface area contributed by atoms with Gasteiger partial charge >= 0.3 is 0 Å². The predicted octanol–water partition coefficient (Wildman–Crippen LogP) is 6.88. The summed E-state index contributed by atoms with van der Waals surface area (Å²) in [6.45, 7) is 4.45. The van der Waals surface area contributed by atoms with Crippen LogP contribution in [0.25, 0.3) is 6.08 Å². The second-order valence-corrected chi connectivity index (χ2v) is 9.89. The molecule has 0 aliphatic rings. The van der Waals surface area contributed by atoms with Gasteiger partial charge in [0.15, 0.2) is 0 Å². The topological polar surface area (TPSA) is 78.9 Å². The summed E-state index contributed by atoms with van der Waals surface area (Å²) >= 11 is 1.56. The molecule has 6 nitrogen and oxygen atoms in total. The molecule has 3 N–H and O–H groups in total. The summed E-state index contributed by atoms with van der Waals surface area (Å²) in [7, 11) is 1.94. The van der Waals surface area contributed by atoms with Gasteiger partial charge in [0, 0.05) is 40.8 Å². The maximum atomic E-state index is 12.9. The van der Waals surface area contributed by atoms with Crippen LogP contribution in [0.3, 0.4) is 0 Å². The highest BCUT2D eigenvalue weighted by Gasteiger charge is 2.18. The molecule has 0 fully saturated rings. The van der Waals surface area contributed by atoms with Crippen LogP contribution in [-0.4, -0.2) is 22.9 Å². The van der Waals surface area contributed by atoms with Crippen molar-refractivity contribution in [2.45, 2.75) is 29.6 Å². The molecule has 1 amide bonds. The Morgan fingerprint density at radius 3 is 2.38 bits per heavy atom. The zero-order valence-electron chi connectivity index (χ0n) is 21.2. The Bertz CT molecular complexity index is 1340. The van der Waals surface area contributed by atoms with Gasteiger partial charge in [-0.25, -0.2) is 4.98 Å². The van der Waals surface area contributed by atoms with Crippen LogP contribution in [0.1, 0.15) is 41.4 Å². The molecule has 0 spiro atoms. The molecule has 2 aromatic heterocycles. The molecule has 0 radical (unpaired) electrons. The molecule has 37 heavy (non-hydrogen) atoms. The minimum absolute atomic E-state index is 0.222. The summed E-state index contributed by atoms with van der Waals surface area (Å²) in [5.74, 6) is 0.978. The van der Waals surface area contributed by atoms with Crippen molar-refractivity contribution in [3.8, 4) is 0 Å². The first kappa shape index (κ1) is 26.0. The lowest BCUT2D eigenvalue weighted by Gasteiger charge is -2.22. The van der Waals surface area contributed by atoms with Crippen LogP contribution in [0.5, 0.6) is 0 Å². The summed E-state index contributed by atoms with van der Waals surface area (Å²) < 4.78 is 0. The standard InChI is InChI=1S/C30H31N5OS/c1-21(2)24(16-14-22-10-6-8-18-32-22)25-17-15-23(20-27(25)31-3)37-28-12-5-4-11-26(28)30(36)35-34-29-13-7-9-19-33-29/h4-21,24,31H,1-3H3,(H,33,34)(H,35,36)/b16-14+. The van der Waals surface area contributed by atoms with E-state index in [-0.39, 0.29) is 11.8 Å². The van der Waals surface area contributed by atoms with E-state index in [1.54, 1.807) is 24.0 Å². The van der Waals surface area contributed by atoms with E-state index >= 15 is 0 Å². The van der Waals surface area contributed by atoms with Gasteiger partial charge in [-0.2, -0.15) is 0 Å². The summed E-state index contributed by atoms with van der Waals surface area (Å²) in [6, 6.07) is 25.4. The number of aromatic nitrogens is 2. The fourth-order valence-corrected chi connectivity index (χ4v) is 4.95. The van der Waals surface area contributed by atoms with E-state index < -0.39 is 0 Å². The first-order valence-electron chi connectivity index (χ1n) is 12.2. The van der Waals surface area contributed by atoms with Gasteiger partial charge < -0.3 is 5.32 Å². The van der Waals surface area contributed by atoms with Gasteiger partial charge in [-0.1, -0.05) is 62.0 Å². The number of nitrogens with one attached hydrogen (secondary N) is 3. The third-order valence-electron chi connectivity index (χ3n) is 5.86. The predicted molar refractivity (Wildman–Crippen MR) is 153 cm³/mol. The van der Waals surface area contributed by atoms with Gasteiger partial charge in [0.1, 0.15) is 5.82 Å². The van der Waals surface area contributed by atoms with Crippen LogP contribution in [0.2, 0.25) is 0 Å². The van der Waals surface area contributed by atoms with Gasteiger partial charge in [0.05, 0.1) is 11.3 Å². The average molecular weight is 510 g/mol. The summed E-state index contributed by atoms with van der Waals surface area (Å²) in [4.78, 5) is 23.4. The molecule has 1 atom stereocenters. The van der Waals surface area contributed by atoms with Crippen molar-refractivity contribution in [2.75, 3.05) is 17.8 Å². The fourth-order valence-electron chi connectivity index (χ4n) is 3.96. The number of benzene rings is 2. The normalized spacial score (nSPS) is 11.9. The molecule has 188 valence electrons. The first-order chi connectivity index (χ1) is 18.0. The molecule has 0 bridgehead atoms. The molecule has 2 aromatic carbocycles. The number of carbonyl (C=O) groups is 1.